The Kier molecular flexibility index (Phi) is 5.45. The molecule has 1 saturated heterocycles. The molecule has 1 aromatic heterocycles. The lowest BCUT2D eigenvalue weighted by Crippen LogP contribution is -2.40. The largest absolute Gasteiger partial charge is 0.452 e. The topological polar surface area (TPSA) is 51.5 Å². The molecule has 0 N–H and O–H groups in total. The van der Waals surface area contributed by atoms with Gasteiger partial charge in [-0.3, -0.25) is 4.79 Å². The first-order valence-electron chi connectivity index (χ1n) is 9.16. The number of hydrogen-bond donors (Lipinski definition) is 0. The van der Waals surface area contributed by atoms with Crippen LogP contribution in [0.15, 0.2) is 36.4 Å². The number of amides is 1. The molecule has 1 fully saturated rings. The van der Waals surface area contributed by atoms with Gasteiger partial charge in [0, 0.05) is 30.2 Å². The second-order valence-corrected chi connectivity index (χ2v) is 7.10. The molecule has 2 heterocycles. The summed E-state index contributed by atoms with van der Waals surface area (Å²) < 4.78 is 7.33. The molecule has 3 rings (SSSR count). The maximum absolute atomic E-state index is 12.5. The molecule has 0 radical (unpaired) electrons. The number of para-hydroxylation sites is 1. The van der Waals surface area contributed by atoms with Crippen LogP contribution in [-0.2, 0) is 9.53 Å². The van der Waals surface area contributed by atoms with E-state index in [1.165, 1.54) is 0 Å². The van der Waals surface area contributed by atoms with Crippen molar-refractivity contribution in [2.45, 2.75) is 33.6 Å². The quantitative estimate of drug-likeness (QED) is 0.790. The van der Waals surface area contributed by atoms with E-state index in [0.717, 1.165) is 43.0 Å². The smallest absolute Gasteiger partial charge is 0.340 e. The van der Waals surface area contributed by atoms with Gasteiger partial charge in [-0.1, -0.05) is 25.1 Å². The molecule has 1 aliphatic heterocycles. The summed E-state index contributed by atoms with van der Waals surface area (Å²) in [6.45, 7) is 7.36. The SMILES string of the molecule is Cc1cc(C(=O)OCC(=O)N2CCC(C)CC2)c(C)n1-c1ccccc1. The molecular weight excluding hydrogens is 328 g/mol. The first-order valence-corrected chi connectivity index (χ1v) is 9.16. The highest BCUT2D eigenvalue weighted by Gasteiger charge is 2.23. The highest BCUT2D eigenvalue weighted by molar-refractivity contribution is 5.93. The summed E-state index contributed by atoms with van der Waals surface area (Å²) in [5, 5.41) is 0. The van der Waals surface area contributed by atoms with Crippen molar-refractivity contribution in [2.75, 3.05) is 19.7 Å². The van der Waals surface area contributed by atoms with Crippen LogP contribution in [0.25, 0.3) is 5.69 Å². The van der Waals surface area contributed by atoms with E-state index in [4.69, 9.17) is 4.74 Å². The third-order valence-corrected chi connectivity index (χ3v) is 5.13. The molecule has 0 saturated carbocycles. The van der Waals surface area contributed by atoms with Crippen molar-refractivity contribution in [1.29, 1.82) is 0 Å². The summed E-state index contributed by atoms with van der Waals surface area (Å²) in [5.74, 6) is 0.103. The number of aryl methyl sites for hydroxylation is 1. The summed E-state index contributed by atoms with van der Waals surface area (Å²) in [4.78, 5) is 26.6. The Morgan fingerprint density at radius 1 is 1.12 bits per heavy atom. The maximum Gasteiger partial charge on any atom is 0.340 e. The molecule has 0 atom stereocenters. The number of carbonyl (C=O) groups excluding carboxylic acids is 2. The van der Waals surface area contributed by atoms with Crippen LogP contribution in [0.4, 0.5) is 0 Å². The second-order valence-electron chi connectivity index (χ2n) is 7.10. The average molecular weight is 354 g/mol. The van der Waals surface area contributed by atoms with Crippen molar-refractivity contribution in [2.24, 2.45) is 5.92 Å². The minimum Gasteiger partial charge on any atom is -0.452 e. The fraction of sp³-hybridized carbons (Fsp3) is 0.429. The van der Waals surface area contributed by atoms with Crippen LogP contribution in [-0.4, -0.2) is 41.0 Å². The molecule has 0 spiro atoms. The summed E-state index contributed by atoms with van der Waals surface area (Å²) >= 11 is 0. The number of hydrogen-bond acceptors (Lipinski definition) is 3. The lowest BCUT2D eigenvalue weighted by molar-refractivity contribution is -0.135. The number of ether oxygens (including phenoxy) is 1. The van der Waals surface area contributed by atoms with Gasteiger partial charge >= 0.3 is 5.97 Å². The molecule has 5 heteroatoms. The van der Waals surface area contributed by atoms with Crippen LogP contribution in [0.1, 0.15) is 41.5 Å². The Balaban J connectivity index is 1.66. The van der Waals surface area contributed by atoms with Crippen molar-refractivity contribution in [3.63, 3.8) is 0 Å². The van der Waals surface area contributed by atoms with Gasteiger partial charge in [0.2, 0.25) is 0 Å². The number of rotatable bonds is 4. The van der Waals surface area contributed by atoms with E-state index in [1.807, 2.05) is 54.8 Å². The molecule has 0 aliphatic carbocycles. The minimum absolute atomic E-state index is 0.109. The fourth-order valence-electron chi connectivity index (χ4n) is 3.50. The monoisotopic (exact) mass is 354 g/mol. The molecule has 5 nitrogen and oxygen atoms in total. The van der Waals surface area contributed by atoms with E-state index in [1.54, 1.807) is 4.90 Å². The summed E-state index contributed by atoms with van der Waals surface area (Å²) in [6.07, 6.45) is 2.02. The van der Waals surface area contributed by atoms with Crippen LogP contribution < -0.4 is 0 Å². The zero-order valence-corrected chi connectivity index (χ0v) is 15.7. The van der Waals surface area contributed by atoms with E-state index in [-0.39, 0.29) is 12.5 Å². The lowest BCUT2D eigenvalue weighted by Gasteiger charge is -2.30. The van der Waals surface area contributed by atoms with Crippen molar-refractivity contribution in [3.8, 4) is 5.69 Å². The van der Waals surface area contributed by atoms with Crippen molar-refractivity contribution >= 4 is 11.9 Å². The van der Waals surface area contributed by atoms with Gasteiger partial charge in [0.15, 0.2) is 6.61 Å². The number of piperidine rings is 1. The molecule has 1 amide bonds. The number of likely N-dealkylation sites (tertiary alicyclic amines) is 1. The minimum atomic E-state index is -0.445. The zero-order chi connectivity index (χ0) is 18.7. The van der Waals surface area contributed by atoms with Crippen molar-refractivity contribution in [1.82, 2.24) is 9.47 Å². The van der Waals surface area contributed by atoms with E-state index in [0.29, 0.717) is 11.5 Å². The second kappa shape index (κ2) is 7.77. The Morgan fingerprint density at radius 2 is 1.77 bits per heavy atom. The van der Waals surface area contributed by atoms with Crippen LogP contribution in [0.3, 0.4) is 0 Å². The predicted octanol–water partition coefficient (Wildman–Crippen LogP) is 3.51. The van der Waals surface area contributed by atoms with Crippen molar-refractivity contribution in [3.05, 3.63) is 53.3 Å². The third kappa shape index (κ3) is 3.82. The molecule has 26 heavy (non-hydrogen) atoms. The van der Waals surface area contributed by atoms with Gasteiger partial charge in [0.25, 0.3) is 5.91 Å². The Hall–Kier alpha value is -2.56. The first-order chi connectivity index (χ1) is 12.5. The molecule has 0 bridgehead atoms. The first kappa shape index (κ1) is 18.2. The zero-order valence-electron chi connectivity index (χ0n) is 15.7. The van der Waals surface area contributed by atoms with Crippen LogP contribution >= 0.6 is 0 Å². The van der Waals surface area contributed by atoms with E-state index in [2.05, 4.69) is 6.92 Å². The van der Waals surface area contributed by atoms with Gasteiger partial charge in [0.05, 0.1) is 5.56 Å². The van der Waals surface area contributed by atoms with Gasteiger partial charge in [-0.05, 0) is 50.8 Å². The van der Waals surface area contributed by atoms with Crippen molar-refractivity contribution < 1.29 is 14.3 Å². The molecule has 1 aliphatic rings. The molecular formula is C21H26N2O3. The summed E-state index contributed by atoms with van der Waals surface area (Å²) in [6, 6.07) is 11.7. The predicted molar refractivity (Wildman–Crippen MR) is 101 cm³/mol. The molecule has 1 aromatic carbocycles. The van der Waals surface area contributed by atoms with Crippen LogP contribution in [0.2, 0.25) is 0 Å². The molecule has 0 unspecified atom stereocenters. The van der Waals surface area contributed by atoms with Gasteiger partial charge in [-0.15, -0.1) is 0 Å². The third-order valence-electron chi connectivity index (χ3n) is 5.13. The Labute approximate surface area is 154 Å². The molecule has 138 valence electrons. The highest BCUT2D eigenvalue weighted by atomic mass is 16.5. The van der Waals surface area contributed by atoms with Crippen LogP contribution in [0.5, 0.6) is 0 Å². The Bertz CT molecular complexity index is 787. The van der Waals surface area contributed by atoms with Gasteiger partial charge in [-0.2, -0.15) is 0 Å². The Morgan fingerprint density at radius 3 is 2.42 bits per heavy atom. The van der Waals surface area contributed by atoms with Gasteiger partial charge < -0.3 is 14.2 Å². The fourth-order valence-corrected chi connectivity index (χ4v) is 3.50. The number of nitrogens with zero attached hydrogens (tertiary/aromatic N) is 2. The average Bonchev–Trinajstić information content (AvgIpc) is 2.95. The molecule has 2 aromatic rings. The van der Waals surface area contributed by atoms with E-state index >= 15 is 0 Å². The standard InChI is InChI=1S/C21H26N2O3/c1-15-9-11-22(12-10-15)20(24)14-26-21(25)19-13-16(2)23(17(19)3)18-7-5-4-6-8-18/h4-8,13,15H,9-12,14H2,1-3H3. The number of carbonyl (C=O) groups is 2. The number of benzene rings is 1. The summed E-state index contributed by atoms with van der Waals surface area (Å²) in [7, 11) is 0. The lowest BCUT2D eigenvalue weighted by atomic mass is 9.99. The normalized spacial score (nSPS) is 15.1. The van der Waals surface area contributed by atoms with Gasteiger partial charge in [-0.25, -0.2) is 4.79 Å². The van der Waals surface area contributed by atoms with E-state index in [9.17, 15) is 9.59 Å². The maximum atomic E-state index is 12.5. The van der Waals surface area contributed by atoms with E-state index < -0.39 is 5.97 Å². The number of aromatic nitrogens is 1. The van der Waals surface area contributed by atoms with Gasteiger partial charge in [0.1, 0.15) is 0 Å². The number of esters is 1. The highest BCUT2D eigenvalue weighted by Crippen LogP contribution is 2.21. The summed E-state index contributed by atoms with van der Waals surface area (Å²) in [5.41, 5.74) is 3.28. The van der Waals surface area contributed by atoms with Crippen LogP contribution in [0, 0.1) is 19.8 Å².